The molecule has 1 saturated heterocycles. The van der Waals surface area contributed by atoms with E-state index in [1.807, 2.05) is 12.1 Å². The Labute approximate surface area is 175 Å². The summed E-state index contributed by atoms with van der Waals surface area (Å²) in [4.78, 5) is 29.6. The van der Waals surface area contributed by atoms with E-state index in [1.54, 1.807) is 24.3 Å². The van der Waals surface area contributed by atoms with Crippen molar-refractivity contribution in [2.75, 3.05) is 46.9 Å². The van der Waals surface area contributed by atoms with Crippen LogP contribution in [0.1, 0.15) is 10.5 Å². The van der Waals surface area contributed by atoms with Gasteiger partial charge in [0.15, 0.2) is 0 Å². The van der Waals surface area contributed by atoms with Gasteiger partial charge in [-0.25, -0.2) is 0 Å². The average molecular weight is 419 g/mol. The molecule has 1 N–H and O–H groups in total. The molecule has 29 heavy (non-hydrogen) atoms. The Hall–Kier alpha value is -2.35. The van der Waals surface area contributed by atoms with Crippen molar-refractivity contribution in [2.24, 2.45) is 0 Å². The first-order valence-electron chi connectivity index (χ1n) is 9.70. The van der Waals surface area contributed by atoms with Gasteiger partial charge in [0.25, 0.3) is 11.5 Å². The number of ether oxygens (including phenoxy) is 1. The van der Waals surface area contributed by atoms with Gasteiger partial charge in [0.1, 0.15) is 18.1 Å². The molecular weight excluding hydrogens is 392 g/mol. The molecule has 0 aliphatic carbocycles. The fourth-order valence-electron chi connectivity index (χ4n) is 3.38. The minimum absolute atomic E-state index is 0.226. The van der Waals surface area contributed by atoms with Crippen LogP contribution in [0.4, 0.5) is 0 Å². The van der Waals surface area contributed by atoms with Gasteiger partial charge in [0.2, 0.25) is 0 Å². The Morgan fingerprint density at radius 3 is 2.76 bits per heavy atom. The van der Waals surface area contributed by atoms with Crippen molar-refractivity contribution >= 4 is 17.5 Å². The Morgan fingerprint density at radius 1 is 1.17 bits per heavy atom. The number of likely N-dealkylation sites (N-methyl/N-ethyl adjacent to an activating group) is 2. The van der Waals surface area contributed by atoms with E-state index in [-0.39, 0.29) is 30.7 Å². The predicted molar refractivity (Wildman–Crippen MR) is 114 cm³/mol. The van der Waals surface area contributed by atoms with Crippen LogP contribution in [0.25, 0.3) is 0 Å². The molecule has 8 heteroatoms. The summed E-state index contributed by atoms with van der Waals surface area (Å²) in [7, 11) is 4.14. The third-order valence-electron chi connectivity index (χ3n) is 5.17. The number of carbonyl (C=O) groups is 1. The fourth-order valence-corrected chi connectivity index (χ4v) is 3.57. The predicted octanol–water partition coefficient (Wildman–Crippen LogP) is 1.56. The molecule has 3 rings (SSSR count). The molecule has 0 unspecified atom stereocenters. The number of rotatable bonds is 7. The molecule has 1 aliphatic heterocycles. The third-order valence-corrected chi connectivity index (χ3v) is 5.48. The third kappa shape index (κ3) is 5.59. The van der Waals surface area contributed by atoms with Crippen molar-refractivity contribution in [3.05, 3.63) is 63.5 Å². The van der Waals surface area contributed by atoms with Crippen molar-refractivity contribution in [2.45, 2.75) is 12.6 Å². The van der Waals surface area contributed by atoms with Crippen LogP contribution < -0.4 is 15.6 Å². The summed E-state index contributed by atoms with van der Waals surface area (Å²) in [5.41, 5.74) is 0.0852. The quantitative estimate of drug-likeness (QED) is 0.739. The maximum atomic E-state index is 12.8. The van der Waals surface area contributed by atoms with Gasteiger partial charge in [-0.05, 0) is 32.3 Å². The molecule has 7 nitrogen and oxygen atoms in total. The zero-order chi connectivity index (χ0) is 20.8. The zero-order valence-electron chi connectivity index (χ0n) is 16.8. The summed E-state index contributed by atoms with van der Waals surface area (Å²) in [6.45, 7) is 3.88. The number of carbonyl (C=O) groups excluding carboxylic acids is 1. The van der Waals surface area contributed by atoms with Gasteiger partial charge in [-0.3, -0.25) is 14.5 Å². The first kappa shape index (κ1) is 21.4. The summed E-state index contributed by atoms with van der Waals surface area (Å²) in [5, 5.41) is 3.48. The number of aromatic nitrogens is 1. The molecule has 1 fully saturated rings. The lowest BCUT2D eigenvalue weighted by molar-refractivity contribution is 0.0871. The van der Waals surface area contributed by atoms with Crippen LogP contribution in [-0.4, -0.2) is 73.2 Å². The highest BCUT2D eigenvalue weighted by molar-refractivity contribution is 6.32. The Bertz CT molecular complexity index is 901. The monoisotopic (exact) mass is 418 g/mol. The summed E-state index contributed by atoms with van der Waals surface area (Å²) < 4.78 is 7.11. The van der Waals surface area contributed by atoms with E-state index >= 15 is 0 Å². The Balaban J connectivity index is 1.63. The number of halogens is 1. The highest BCUT2D eigenvalue weighted by atomic mass is 35.5. The molecule has 1 amide bonds. The van der Waals surface area contributed by atoms with E-state index in [2.05, 4.69) is 29.2 Å². The smallest absolute Gasteiger partial charge is 0.268 e. The lowest BCUT2D eigenvalue weighted by Crippen LogP contribution is -2.54. The number of amides is 1. The number of para-hydroxylation sites is 1. The lowest BCUT2D eigenvalue weighted by atomic mass is 10.2. The Kier molecular flexibility index (Phi) is 7.30. The van der Waals surface area contributed by atoms with Crippen LogP contribution >= 0.6 is 11.6 Å². The molecule has 2 heterocycles. The van der Waals surface area contributed by atoms with Crippen LogP contribution in [0.2, 0.25) is 5.02 Å². The van der Waals surface area contributed by atoms with Crippen molar-refractivity contribution in [3.63, 3.8) is 0 Å². The van der Waals surface area contributed by atoms with Crippen LogP contribution in [0.3, 0.4) is 0 Å². The molecule has 156 valence electrons. The molecule has 0 radical (unpaired) electrons. The molecule has 2 aromatic rings. The summed E-state index contributed by atoms with van der Waals surface area (Å²) >= 11 is 6.09. The van der Waals surface area contributed by atoms with Crippen LogP contribution in [0.5, 0.6) is 5.75 Å². The van der Waals surface area contributed by atoms with Gasteiger partial charge >= 0.3 is 0 Å². The average Bonchev–Trinajstić information content (AvgIpc) is 2.71. The molecule has 0 bridgehead atoms. The fraction of sp³-hybridized carbons (Fsp3) is 0.429. The van der Waals surface area contributed by atoms with Gasteiger partial charge in [-0.1, -0.05) is 29.8 Å². The summed E-state index contributed by atoms with van der Waals surface area (Å²) in [5.74, 6) is 0.288. The topological polar surface area (TPSA) is 66.8 Å². The highest BCUT2D eigenvalue weighted by Crippen LogP contribution is 2.22. The normalized spacial score (nSPS) is 17.8. The van der Waals surface area contributed by atoms with Crippen LogP contribution in [0.15, 0.2) is 47.3 Å². The first-order chi connectivity index (χ1) is 14.0. The lowest BCUT2D eigenvalue weighted by Gasteiger charge is -2.37. The summed E-state index contributed by atoms with van der Waals surface area (Å²) in [6.07, 6.45) is 0. The molecule has 1 aromatic carbocycles. The molecule has 1 aromatic heterocycles. The number of pyridine rings is 1. The van der Waals surface area contributed by atoms with Crippen molar-refractivity contribution < 1.29 is 9.53 Å². The Morgan fingerprint density at radius 2 is 1.97 bits per heavy atom. The van der Waals surface area contributed by atoms with Gasteiger partial charge in [-0.15, -0.1) is 0 Å². The maximum Gasteiger partial charge on any atom is 0.268 e. The number of hydrogen-bond donors (Lipinski definition) is 1. The first-order valence-corrected chi connectivity index (χ1v) is 10.1. The second-order valence-corrected chi connectivity index (χ2v) is 7.69. The van der Waals surface area contributed by atoms with E-state index in [1.165, 1.54) is 10.6 Å². The van der Waals surface area contributed by atoms with Crippen LogP contribution in [-0.2, 0) is 6.54 Å². The molecule has 1 aliphatic rings. The van der Waals surface area contributed by atoms with E-state index in [4.69, 9.17) is 16.3 Å². The number of nitrogens with zero attached hydrogens (tertiary/aromatic N) is 3. The second-order valence-electron chi connectivity index (χ2n) is 7.29. The number of benzene rings is 1. The second kappa shape index (κ2) is 9.91. The SMILES string of the molecule is CN1CCN(C)[C@@H](CNC(=O)c2cccc(=O)n2CCOc2ccccc2Cl)C1. The van der Waals surface area contributed by atoms with Gasteiger partial charge in [-0.2, -0.15) is 0 Å². The number of piperazine rings is 1. The largest absolute Gasteiger partial charge is 0.490 e. The van der Waals surface area contributed by atoms with Gasteiger partial charge in [0, 0.05) is 38.3 Å². The van der Waals surface area contributed by atoms with Crippen molar-refractivity contribution in [3.8, 4) is 5.75 Å². The van der Waals surface area contributed by atoms with Crippen molar-refractivity contribution in [1.29, 1.82) is 0 Å². The van der Waals surface area contributed by atoms with E-state index in [9.17, 15) is 9.59 Å². The van der Waals surface area contributed by atoms with Crippen molar-refractivity contribution in [1.82, 2.24) is 19.7 Å². The van der Waals surface area contributed by atoms with E-state index < -0.39 is 0 Å². The van der Waals surface area contributed by atoms with Gasteiger partial charge < -0.3 is 19.5 Å². The van der Waals surface area contributed by atoms with Crippen LogP contribution in [0, 0.1) is 0 Å². The number of nitrogens with one attached hydrogen (secondary N) is 1. The maximum absolute atomic E-state index is 12.8. The highest BCUT2D eigenvalue weighted by Gasteiger charge is 2.23. The number of hydrogen-bond acceptors (Lipinski definition) is 5. The van der Waals surface area contributed by atoms with E-state index in [0.29, 0.717) is 23.0 Å². The standard InChI is InChI=1S/C21H27ClN4O3/c1-24-10-11-25(2)16(15-24)14-23-21(28)18-7-5-9-20(27)26(18)12-13-29-19-8-4-3-6-17(19)22/h3-9,16H,10-15H2,1-2H3,(H,23,28)/t16-/m0/s1. The zero-order valence-corrected chi connectivity index (χ0v) is 17.6. The molecular formula is C21H27ClN4O3. The van der Waals surface area contributed by atoms with Gasteiger partial charge in [0.05, 0.1) is 11.6 Å². The minimum atomic E-state index is -0.262. The minimum Gasteiger partial charge on any atom is -0.490 e. The molecule has 1 atom stereocenters. The summed E-state index contributed by atoms with van der Waals surface area (Å²) in [6, 6.07) is 12.1. The molecule has 0 saturated carbocycles. The van der Waals surface area contributed by atoms with E-state index in [0.717, 1.165) is 19.6 Å². The molecule has 0 spiro atoms.